The predicted octanol–water partition coefficient (Wildman–Crippen LogP) is 5.76. The number of thioether (sulfide) groups is 1. The first-order chi connectivity index (χ1) is 16.4. The van der Waals surface area contributed by atoms with Gasteiger partial charge in [-0.25, -0.2) is 15.0 Å². The maximum Gasteiger partial charge on any atom is 0.234 e. The van der Waals surface area contributed by atoms with E-state index in [9.17, 15) is 4.79 Å². The number of hydrogen-bond donors (Lipinski definition) is 1. The Hall–Kier alpha value is -3.43. The Morgan fingerprint density at radius 1 is 1.00 bits per heavy atom. The number of rotatable bonds is 6. The number of anilines is 1. The maximum atomic E-state index is 12.7. The number of carbonyl (C=O) groups is 1. The summed E-state index contributed by atoms with van der Waals surface area (Å²) < 4.78 is 11.5. The van der Waals surface area contributed by atoms with Gasteiger partial charge in [0.05, 0.1) is 35.7 Å². The number of fused-ring (bicyclic) bond motifs is 4. The second-order valence-corrected chi connectivity index (χ2v) is 9.85. The van der Waals surface area contributed by atoms with Gasteiger partial charge in [0.15, 0.2) is 0 Å². The van der Waals surface area contributed by atoms with Crippen molar-refractivity contribution >= 4 is 66.0 Å². The molecule has 0 saturated carbocycles. The Balaban J connectivity index is 1.42. The van der Waals surface area contributed by atoms with Gasteiger partial charge < -0.3 is 14.8 Å². The van der Waals surface area contributed by atoms with Gasteiger partial charge in [-0.1, -0.05) is 23.4 Å². The van der Waals surface area contributed by atoms with Gasteiger partial charge in [0.25, 0.3) is 0 Å². The standard InChI is InChI=1S/C25H22N4O3S2/c1-13-5-14(2)21-15(6-13)7-19-22-23(34-24(19)29-21)25(27-12-26-22)33-11-20(30)28-16-8-17(31-3)10-18(9-16)32-4/h5-10,12H,11H2,1-4H3,(H,28,30). The van der Waals surface area contributed by atoms with Gasteiger partial charge in [-0.15, -0.1) is 11.3 Å². The lowest BCUT2D eigenvalue weighted by atomic mass is 10.1. The van der Waals surface area contributed by atoms with Gasteiger partial charge in [0.1, 0.15) is 27.7 Å². The number of pyridine rings is 1. The fraction of sp³-hybridized carbons (Fsp3) is 0.200. The van der Waals surface area contributed by atoms with Crippen LogP contribution in [0.3, 0.4) is 0 Å². The highest BCUT2D eigenvalue weighted by Crippen LogP contribution is 2.38. The largest absolute Gasteiger partial charge is 0.497 e. The van der Waals surface area contributed by atoms with E-state index in [0.29, 0.717) is 17.2 Å². The van der Waals surface area contributed by atoms with Crippen LogP contribution in [0.25, 0.3) is 31.3 Å². The van der Waals surface area contributed by atoms with Crippen LogP contribution in [0, 0.1) is 13.8 Å². The quantitative estimate of drug-likeness (QED) is 0.239. The molecule has 3 heterocycles. The van der Waals surface area contributed by atoms with Gasteiger partial charge in [0.2, 0.25) is 5.91 Å². The smallest absolute Gasteiger partial charge is 0.234 e. The minimum atomic E-state index is -0.150. The molecule has 0 aliphatic carbocycles. The molecule has 9 heteroatoms. The summed E-state index contributed by atoms with van der Waals surface area (Å²) in [5.41, 5.74) is 4.83. The number of nitrogens with one attached hydrogen (secondary N) is 1. The van der Waals surface area contributed by atoms with E-state index in [1.54, 1.807) is 50.1 Å². The second-order valence-electron chi connectivity index (χ2n) is 7.89. The normalized spacial score (nSPS) is 11.3. The third kappa shape index (κ3) is 4.24. The van der Waals surface area contributed by atoms with E-state index in [0.717, 1.165) is 41.9 Å². The third-order valence-corrected chi connectivity index (χ3v) is 7.63. The lowest BCUT2D eigenvalue weighted by molar-refractivity contribution is -0.113. The zero-order chi connectivity index (χ0) is 23.8. The number of methoxy groups -OCH3 is 2. The van der Waals surface area contributed by atoms with Crippen LogP contribution in [0.4, 0.5) is 5.69 Å². The fourth-order valence-corrected chi connectivity index (χ4v) is 5.92. The van der Waals surface area contributed by atoms with Crippen molar-refractivity contribution < 1.29 is 14.3 Å². The number of thiophene rings is 1. The summed E-state index contributed by atoms with van der Waals surface area (Å²) in [5, 5.41) is 5.78. The number of aryl methyl sites for hydroxylation is 2. The number of nitrogens with zero attached hydrogens (tertiary/aromatic N) is 3. The number of amides is 1. The summed E-state index contributed by atoms with van der Waals surface area (Å²) >= 11 is 2.94. The summed E-state index contributed by atoms with van der Waals surface area (Å²) in [7, 11) is 3.14. The second kappa shape index (κ2) is 9.08. The molecule has 1 N–H and O–H groups in total. The zero-order valence-electron chi connectivity index (χ0n) is 19.1. The first kappa shape index (κ1) is 22.4. The molecule has 1 amide bonds. The van der Waals surface area contributed by atoms with Crippen molar-refractivity contribution in [3.8, 4) is 11.5 Å². The monoisotopic (exact) mass is 490 g/mol. The molecule has 0 bridgehead atoms. The van der Waals surface area contributed by atoms with E-state index < -0.39 is 0 Å². The molecule has 7 nitrogen and oxygen atoms in total. The molecule has 172 valence electrons. The molecule has 34 heavy (non-hydrogen) atoms. The molecule has 0 aliphatic rings. The van der Waals surface area contributed by atoms with Gasteiger partial charge in [0, 0.05) is 34.7 Å². The Morgan fingerprint density at radius 3 is 2.50 bits per heavy atom. The average molecular weight is 491 g/mol. The van der Waals surface area contributed by atoms with E-state index in [1.165, 1.54) is 17.3 Å². The van der Waals surface area contributed by atoms with Crippen LogP contribution in [0.1, 0.15) is 11.1 Å². The minimum Gasteiger partial charge on any atom is -0.497 e. The first-order valence-corrected chi connectivity index (χ1v) is 12.4. The minimum absolute atomic E-state index is 0.150. The molecule has 0 aliphatic heterocycles. The molecule has 0 unspecified atom stereocenters. The highest BCUT2D eigenvalue weighted by Gasteiger charge is 2.16. The van der Waals surface area contributed by atoms with Gasteiger partial charge in [-0.3, -0.25) is 4.79 Å². The first-order valence-electron chi connectivity index (χ1n) is 10.6. The van der Waals surface area contributed by atoms with Crippen LogP contribution >= 0.6 is 23.1 Å². The highest BCUT2D eigenvalue weighted by molar-refractivity contribution is 8.00. The summed E-state index contributed by atoms with van der Waals surface area (Å²) in [4.78, 5) is 27.5. The van der Waals surface area contributed by atoms with E-state index in [4.69, 9.17) is 14.5 Å². The van der Waals surface area contributed by atoms with Crippen molar-refractivity contribution in [3.63, 3.8) is 0 Å². The van der Waals surface area contributed by atoms with Crippen molar-refractivity contribution in [3.05, 3.63) is 53.9 Å². The van der Waals surface area contributed by atoms with E-state index in [1.807, 2.05) is 0 Å². The number of aromatic nitrogens is 3. The molecular weight excluding hydrogens is 468 g/mol. The molecule has 2 aromatic carbocycles. The summed E-state index contributed by atoms with van der Waals surface area (Å²) in [6.45, 7) is 4.17. The number of benzene rings is 2. The van der Waals surface area contributed by atoms with Crippen LogP contribution in [0.15, 0.2) is 47.8 Å². The van der Waals surface area contributed by atoms with E-state index in [2.05, 4.69) is 47.3 Å². The van der Waals surface area contributed by atoms with Gasteiger partial charge in [-0.05, 0) is 31.5 Å². The Kier molecular flexibility index (Phi) is 5.97. The third-order valence-electron chi connectivity index (χ3n) is 5.42. The molecule has 5 rings (SSSR count). The Bertz CT molecular complexity index is 1540. The Labute approximate surface area is 204 Å². The number of ether oxygens (including phenoxy) is 2. The van der Waals surface area contributed by atoms with Crippen molar-refractivity contribution in [1.82, 2.24) is 15.0 Å². The van der Waals surface area contributed by atoms with Gasteiger partial charge in [-0.2, -0.15) is 0 Å². The topological polar surface area (TPSA) is 86.2 Å². The lowest BCUT2D eigenvalue weighted by Gasteiger charge is -2.09. The van der Waals surface area contributed by atoms with E-state index >= 15 is 0 Å². The predicted molar refractivity (Wildman–Crippen MR) is 139 cm³/mol. The van der Waals surface area contributed by atoms with Crippen molar-refractivity contribution in [1.29, 1.82) is 0 Å². The average Bonchev–Trinajstić information content (AvgIpc) is 3.19. The molecular formula is C25H22N4O3S2. The van der Waals surface area contributed by atoms with Crippen LogP contribution < -0.4 is 14.8 Å². The molecule has 0 atom stereocenters. The zero-order valence-corrected chi connectivity index (χ0v) is 20.8. The highest BCUT2D eigenvalue weighted by atomic mass is 32.2. The fourth-order valence-electron chi connectivity index (χ4n) is 3.93. The maximum absolute atomic E-state index is 12.7. The van der Waals surface area contributed by atoms with Crippen molar-refractivity contribution in [2.75, 3.05) is 25.3 Å². The van der Waals surface area contributed by atoms with Crippen LogP contribution in [-0.4, -0.2) is 40.8 Å². The summed E-state index contributed by atoms with van der Waals surface area (Å²) in [6.07, 6.45) is 1.55. The van der Waals surface area contributed by atoms with Crippen molar-refractivity contribution in [2.24, 2.45) is 0 Å². The summed E-state index contributed by atoms with van der Waals surface area (Å²) in [6, 6.07) is 11.7. The molecule has 5 aromatic rings. The SMILES string of the molecule is COc1cc(NC(=O)CSc2ncnc3c2sc2nc4c(C)cc(C)cc4cc23)cc(OC)c1. The van der Waals surface area contributed by atoms with E-state index in [-0.39, 0.29) is 11.7 Å². The molecule has 0 saturated heterocycles. The number of carbonyl (C=O) groups excluding carboxylic acids is 1. The lowest BCUT2D eigenvalue weighted by Crippen LogP contribution is -2.14. The molecule has 0 fully saturated rings. The van der Waals surface area contributed by atoms with Crippen LogP contribution in [0.5, 0.6) is 11.5 Å². The Morgan fingerprint density at radius 2 is 1.76 bits per heavy atom. The van der Waals surface area contributed by atoms with Gasteiger partial charge >= 0.3 is 0 Å². The van der Waals surface area contributed by atoms with Crippen LogP contribution in [0.2, 0.25) is 0 Å². The van der Waals surface area contributed by atoms with Crippen LogP contribution in [-0.2, 0) is 4.79 Å². The molecule has 3 aromatic heterocycles. The molecule has 0 radical (unpaired) electrons. The summed E-state index contributed by atoms with van der Waals surface area (Å²) in [5.74, 6) is 1.27. The molecule has 0 spiro atoms. The number of hydrogen-bond acceptors (Lipinski definition) is 8. The van der Waals surface area contributed by atoms with Crippen molar-refractivity contribution in [2.45, 2.75) is 18.9 Å².